The van der Waals surface area contributed by atoms with Gasteiger partial charge >= 0.3 is 0 Å². The van der Waals surface area contributed by atoms with Crippen LogP contribution in [0.15, 0.2) is 48.7 Å². The Hall–Kier alpha value is -2.24. The summed E-state index contributed by atoms with van der Waals surface area (Å²) in [5, 5.41) is 1.00. The molecular weight excluding hydrogens is 294 g/mol. The lowest BCUT2D eigenvalue weighted by atomic mass is 10.3. The summed E-state index contributed by atoms with van der Waals surface area (Å²) in [5.74, 6) is 0. The molecule has 0 saturated heterocycles. The predicted molar refractivity (Wildman–Crippen MR) is 88.0 cm³/mol. The lowest BCUT2D eigenvalue weighted by Crippen LogP contribution is -1.93. The Balaban J connectivity index is 1.46. The van der Waals surface area contributed by atoms with Crippen molar-refractivity contribution in [1.29, 1.82) is 0 Å². The fourth-order valence-electron chi connectivity index (χ4n) is 2.49. The van der Waals surface area contributed by atoms with Crippen molar-refractivity contribution in [3.05, 3.63) is 65.1 Å². The van der Waals surface area contributed by atoms with Crippen LogP contribution in [0, 0.1) is 6.92 Å². The van der Waals surface area contributed by atoms with Crippen LogP contribution in [0.3, 0.4) is 0 Å². The largest absolute Gasteiger partial charge is 0.368 e. The van der Waals surface area contributed by atoms with Crippen molar-refractivity contribution in [3.63, 3.8) is 0 Å². The van der Waals surface area contributed by atoms with Crippen molar-refractivity contribution < 1.29 is 4.74 Å². The van der Waals surface area contributed by atoms with E-state index in [-0.39, 0.29) is 0 Å². The van der Waals surface area contributed by atoms with Gasteiger partial charge in [0.25, 0.3) is 0 Å². The number of hydrogen-bond acceptors (Lipinski definition) is 4. The van der Waals surface area contributed by atoms with E-state index in [9.17, 15) is 0 Å². The van der Waals surface area contributed by atoms with Gasteiger partial charge in [-0.05, 0) is 31.2 Å². The van der Waals surface area contributed by atoms with Gasteiger partial charge in [0.2, 0.25) is 0 Å². The van der Waals surface area contributed by atoms with Crippen LogP contribution >= 0.6 is 11.3 Å². The zero-order chi connectivity index (χ0) is 14.9. The maximum atomic E-state index is 5.78. The van der Waals surface area contributed by atoms with E-state index in [4.69, 9.17) is 4.74 Å². The fourth-order valence-corrected chi connectivity index (χ4v) is 3.40. The summed E-state index contributed by atoms with van der Waals surface area (Å²) in [6.45, 7) is 3.09. The Morgan fingerprint density at radius 3 is 2.82 bits per heavy atom. The standard InChI is InChI=1S/C17H15N3OS/c1-12-5-4-8-16-18-13(9-20(12)16)10-21-11-17-19-14-6-2-3-7-15(14)22-17/h2-9H,10-11H2,1H3. The van der Waals surface area contributed by atoms with Gasteiger partial charge in [0, 0.05) is 11.9 Å². The molecule has 110 valence electrons. The zero-order valence-electron chi connectivity index (χ0n) is 12.2. The molecule has 0 amide bonds. The molecule has 0 radical (unpaired) electrons. The van der Waals surface area contributed by atoms with Crippen LogP contribution in [0.4, 0.5) is 0 Å². The molecule has 0 N–H and O–H groups in total. The van der Waals surface area contributed by atoms with E-state index in [1.165, 1.54) is 10.4 Å². The fraction of sp³-hybridized carbons (Fsp3) is 0.176. The molecule has 22 heavy (non-hydrogen) atoms. The lowest BCUT2D eigenvalue weighted by molar-refractivity contribution is 0.105. The number of aromatic nitrogens is 3. The molecule has 0 spiro atoms. The highest BCUT2D eigenvalue weighted by Crippen LogP contribution is 2.22. The predicted octanol–water partition coefficient (Wildman–Crippen LogP) is 3.97. The van der Waals surface area contributed by atoms with E-state index in [1.807, 2.05) is 36.5 Å². The smallest absolute Gasteiger partial charge is 0.137 e. The van der Waals surface area contributed by atoms with Gasteiger partial charge in [0.05, 0.1) is 29.1 Å². The molecule has 0 aliphatic rings. The quantitative estimate of drug-likeness (QED) is 0.572. The summed E-state index contributed by atoms with van der Waals surface area (Å²) in [6.07, 6.45) is 2.03. The van der Waals surface area contributed by atoms with Gasteiger partial charge < -0.3 is 9.14 Å². The van der Waals surface area contributed by atoms with Crippen molar-refractivity contribution in [2.24, 2.45) is 0 Å². The summed E-state index contributed by atoms with van der Waals surface area (Å²) >= 11 is 1.68. The first-order valence-corrected chi connectivity index (χ1v) is 7.97. The Kier molecular flexibility index (Phi) is 3.36. The van der Waals surface area contributed by atoms with Crippen LogP contribution in [0.1, 0.15) is 16.4 Å². The molecule has 4 nitrogen and oxygen atoms in total. The second kappa shape index (κ2) is 5.51. The van der Waals surface area contributed by atoms with Crippen LogP contribution in [0.2, 0.25) is 0 Å². The van der Waals surface area contributed by atoms with Crippen LogP contribution < -0.4 is 0 Å². The molecule has 0 atom stereocenters. The molecule has 0 aliphatic heterocycles. The number of benzene rings is 1. The summed E-state index contributed by atoms with van der Waals surface area (Å²) < 4.78 is 9.06. The molecule has 0 fully saturated rings. The minimum absolute atomic E-state index is 0.497. The number of para-hydroxylation sites is 1. The Morgan fingerprint density at radius 2 is 1.95 bits per heavy atom. The normalized spacial score (nSPS) is 11.5. The highest BCUT2D eigenvalue weighted by molar-refractivity contribution is 7.18. The van der Waals surface area contributed by atoms with Gasteiger partial charge in [-0.2, -0.15) is 0 Å². The number of imidazole rings is 1. The average molecular weight is 309 g/mol. The molecular formula is C17H15N3OS. The Bertz CT molecular complexity index is 908. The first-order valence-electron chi connectivity index (χ1n) is 7.15. The number of thiazole rings is 1. The van der Waals surface area contributed by atoms with Gasteiger partial charge in [-0.15, -0.1) is 11.3 Å². The molecule has 4 aromatic rings. The molecule has 0 bridgehead atoms. The summed E-state index contributed by atoms with van der Waals surface area (Å²) in [6, 6.07) is 14.2. The van der Waals surface area contributed by atoms with E-state index in [0.29, 0.717) is 13.2 Å². The van der Waals surface area contributed by atoms with E-state index < -0.39 is 0 Å². The number of aryl methyl sites for hydroxylation is 1. The van der Waals surface area contributed by atoms with Gasteiger partial charge in [0.15, 0.2) is 0 Å². The molecule has 5 heteroatoms. The highest BCUT2D eigenvalue weighted by atomic mass is 32.1. The van der Waals surface area contributed by atoms with Crippen LogP contribution in [-0.2, 0) is 18.0 Å². The first-order chi connectivity index (χ1) is 10.8. The second-order valence-corrected chi connectivity index (χ2v) is 6.31. The molecule has 3 heterocycles. The van der Waals surface area contributed by atoms with Crippen LogP contribution in [0.25, 0.3) is 15.9 Å². The van der Waals surface area contributed by atoms with Crippen molar-refractivity contribution in [3.8, 4) is 0 Å². The van der Waals surface area contributed by atoms with Crippen molar-refractivity contribution in [1.82, 2.24) is 14.4 Å². The number of fused-ring (bicyclic) bond motifs is 2. The number of nitrogens with zero attached hydrogens (tertiary/aromatic N) is 3. The minimum Gasteiger partial charge on any atom is -0.368 e. The summed E-state index contributed by atoms with van der Waals surface area (Å²) in [7, 11) is 0. The highest BCUT2D eigenvalue weighted by Gasteiger charge is 2.06. The molecule has 4 rings (SSSR count). The van der Waals surface area contributed by atoms with Gasteiger partial charge in [0.1, 0.15) is 10.7 Å². The zero-order valence-corrected chi connectivity index (χ0v) is 13.0. The maximum absolute atomic E-state index is 5.78. The van der Waals surface area contributed by atoms with Gasteiger partial charge in [-0.3, -0.25) is 0 Å². The van der Waals surface area contributed by atoms with Gasteiger partial charge in [-0.25, -0.2) is 9.97 Å². The van der Waals surface area contributed by atoms with E-state index in [0.717, 1.165) is 21.9 Å². The van der Waals surface area contributed by atoms with E-state index >= 15 is 0 Å². The van der Waals surface area contributed by atoms with E-state index in [1.54, 1.807) is 11.3 Å². The topological polar surface area (TPSA) is 39.4 Å². The van der Waals surface area contributed by atoms with Crippen molar-refractivity contribution >= 4 is 27.2 Å². The molecule has 0 aliphatic carbocycles. The van der Waals surface area contributed by atoms with Crippen LogP contribution in [0.5, 0.6) is 0 Å². The molecule has 0 saturated carbocycles. The summed E-state index contributed by atoms with van der Waals surface area (Å²) in [5.41, 5.74) is 4.10. The third-order valence-corrected chi connectivity index (χ3v) is 4.57. The third kappa shape index (κ3) is 2.49. The van der Waals surface area contributed by atoms with Crippen molar-refractivity contribution in [2.75, 3.05) is 0 Å². The van der Waals surface area contributed by atoms with Crippen molar-refractivity contribution in [2.45, 2.75) is 20.1 Å². The number of hydrogen-bond donors (Lipinski definition) is 0. The number of rotatable bonds is 4. The Morgan fingerprint density at radius 1 is 1.05 bits per heavy atom. The van der Waals surface area contributed by atoms with E-state index in [2.05, 4.69) is 33.4 Å². The Labute approximate surface area is 132 Å². The van der Waals surface area contributed by atoms with Crippen LogP contribution in [-0.4, -0.2) is 14.4 Å². The maximum Gasteiger partial charge on any atom is 0.137 e. The monoisotopic (exact) mass is 309 g/mol. The number of pyridine rings is 1. The average Bonchev–Trinajstić information content (AvgIpc) is 3.11. The van der Waals surface area contributed by atoms with Gasteiger partial charge in [-0.1, -0.05) is 18.2 Å². The second-order valence-electron chi connectivity index (χ2n) is 5.20. The summed E-state index contributed by atoms with van der Waals surface area (Å²) in [4.78, 5) is 9.14. The lowest BCUT2D eigenvalue weighted by Gasteiger charge is -1.98. The number of ether oxygens (including phenoxy) is 1. The molecule has 1 aromatic carbocycles. The minimum atomic E-state index is 0.497. The SMILES string of the molecule is Cc1cccc2nc(COCc3nc4ccccc4s3)cn12. The molecule has 3 aromatic heterocycles. The molecule has 0 unspecified atom stereocenters. The third-order valence-electron chi connectivity index (χ3n) is 3.56. The first kappa shape index (κ1) is 13.4.